The number of aromatic nitrogens is 1. The highest BCUT2D eigenvalue weighted by Gasteiger charge is 2.25. The number of carbonyl (C=O) groups excluding carboxylic acids is 1. The summed E-state index contributed by atoms with van der Waals surface area (Å²) >= 11 is 3.30. The van der Waals surface area contributed by atoms with Crippen molar-refractivity contribution in [3.8, 4) is 0 Å². The monoisotopic (exact) mass is 256 g/mol. The maximum absolute atomic E-state index is 11.1. The fourth-order valence-electron chi connectivity index (χ4n) is 1.05. The van der Waals surface area contributed by atoms with Gasteiger partial charge in [0, 0.05) is 28.2 Å². The molecule has 1 rings (SSSR count). The number of hydrogen-bond acceptors (Lipinski definition) is 2. The lowest BCUT2D eigenvalue weighted by atomic mass is 9.87. The summed E-state index contributed by atoms with van der Waals surface area (Å²) in [6.45, 7) is 3.64. The van der Waals surface area contributed by atoms with Gasteiger partial charge in [0.05, 0.1) is 0 Å². The first-order valence-electron chi connectivity index (χ1n) is 4.32. The molecule has 0 bridgehead atoms. The molecule has 1 aromatic heterocycles. The zero-order valence-electron chi connectivity index (χ0n) is 8.25. The number of nitrogens with two attached hydrogens (primary N) is 1. The van der Waals surface area contributed by atoms with E-state index >= 15 is 0 Å². The van der Waals surface area contributed by atoms with E-state index in [0.717, 1.165) is 10.2 Å². The molecule has 0 fully saturated rings. The van der Waals surface area contributed by atoms with Crippen LogP contribution in [0.1, 0.15) is 19.5 Å². The number of carbonyl (C=O) groups is 1. The molecule has 0 aliphatic carbocycles. The molecular weight excluding hydrogens is 244 g/mol. The average molecular weight is 257 g/mol. The number of nitrogens with zero attached hydrogens (tertiary/aromatic N) is 1. The number of amides is 1. The van der Waals surface area contributed by atoms with E-state index in [0.29, 0.717) is 6.42 Å². The molecule has 0 aliphatic rings. The van der Waals surface area contributed by atoms with Crippen LogP contribution in [-0.2, 0) is 11.2 Å². The Kier molecular flexibility index (Phi) is 3.26. The summed E-state index contributed by atoms with van der Waals surface area (Å²) in [7, 11) is 0. The zero-order valence-corrected chi connectivity index (χ0v) is 9.84. The Hall–Kier alpha value is -0.900. The van der Waals surface area contributed by atoms with Crippen molar-refractivity contribution in [1.29, 1.82) is 0 Å². The summed E-state index contributed by atoms with van der Waals surface area (Å²) in [5, 5.41) is 0. The molecule has 0 radical (unpaired) electrons. The van der Waals surface area contributed by atoms with Crippen LogP contribution in [0, 0.1) is 5.41 Å². The molecule has 0 aromatic carbocycles. The highest BCUT2D eigenvalue weighted by Crippen LogP contribution is 2.20. The Morgan fingerprint density at radius 3 is 2.64 bits per heavy atom. The van der Waals surface area contributed by atoms with Crippen molar-refractivity contribution in [2.45, 2.75) is 20.3 Å². The van der Waals surface area contributed by atoms with Gasteiger partial charge in [-0.15, -0.1) is 0 Å². The number of primary amides is 1. The van der Waals surface area contributed by atoms with Crippen molar-refractivity contribution in [2.24, 2.45) is 11.1 Å². The van der Waals surface area contributed by atoms with Gasteiger partial charge in [-0.2, -0.15) is 0 Å². The predicted octanol–water partition coefficient (Wildman–Crippen LogP) is 1.90. The van der Waals surface area contributed by atoms with Crippen LogP contribution in [0.5, 0.6) is 0 Å². The van der Waals surface area contributed by atoms with Gasteiger partial charge in [-0.05, 0) is 28.1 Å². The number of hydrogen-bond donors (Lipinski definition) is 1. The van der Waals surface area contributed by atoms with Crippen LogP contribution in [0.2, 0.25) is 0 Å². The number of rotatable bonds is 3. The molecule has 1 heterocycles. The topological polar surface area (TPSA) is 56.0 Å². The van der Waals surface area contributed by atoms with Gasteiger partial charge in [0.25, 0.3) is 0 Å². The van der Waals surface area contributed by atoms with Crippen molar-refractivity contribution < 1.29 is 4.79 Å². The van der Waals surface area contributed by atoms with Gasteiger partial charge < -0.3 is 5.73 Å². The Labute approximate surface area is 91.8 Å². The molecule has 4 heteroatoms. The van der Waals surface area contributed by atoms with Crippen LogP contribution in [0.25, 0.3) is 0 Å². The molecule has 0 saturated carbocycles. The standard InChI is InChI=1S/C10H13BrN2O/c1-10(2,9(12)14)5-8-4-3-7(11)6-13-8/h3-4,6H,5H2,1-2H3,(H2,12,14). The molecule has 0 atom stereocenters. The molecule has 1 aromatic rings. The van der Waals surface area contributed by atoms with Gasteiger partial charge in [-0.3, -0.25) is 9.78 Å². The maximum atomic E-state index is 11.1. The first kappa shape index (κ1) is 11.2. The summed E-state index contributed by atoms with van der Waals surface area (Å²) in [4.78, 5) is 15.3. The SMILES string of the molecule is CC(C)(Cc1ccc(Br)cn1)C(N)=O. The molecule has 2 N–H and O–H groups in total. The van der Waals surface area contributed by atoms with Crippen LogP contribution in [0.15, 0.2) is 22.8 Å². The normalized spacial score (nSPS) is 11.4. The van der Waals surface area contributed by atoms with Gasteiger partial charge in [-0.1, -0.05) is 13.8 Å². The quantitative estimate of drug-likeness (QED) is 0.899. The van der Waals surface area contributed by atoms with Crippen LogP contribution >= 0.6 is 15.9 Å². The molecule has 0 saturated heterocycles. The minimum absolute atomic E-state index is 0.304. The van der Waals surface area contributed by atoms with E-state index in [1.54, 1.807) is 6.20 Å². The Morgan fingerprint density at radius 1 is 1.57 bits per heavy atom. The second-order valence-electron chi connectivity index (χ2n) is 3.89. The van der Waals surface area contributed by atoms with Crippen molar-refractivity contribution in [2.75, 3.05) is 0 Å². The summed E-state index contributed by atoms with van der Waals surface area (Å²) in [5.41, 5.74) is 5.60. The molecule has 0 aliphatic heterocycles. The van der Waals surface area contributed by atoms with Gasteiger partial charge in [0.2, 0.25) is 5.91 Å². The summed E-state index contributed by atoms with van der Waals surface area (Å²) < 4.78 is 0.929. The van der Waals surface area contributed by atoms with Crippen LogP contribution < -0.4 is 5.73 Å². The Balaban J connectivity index is 2.79. The van der Waals surface area contributed by atoms with E-state index in [2.05, 4.69) is 20.9 Å². The van der Waals surface area contributed by atoms with Crippen molar-refractivity contribution in [3.63, 3.8) is 0 Å². The molecule has 1 amide bonds. The first-order valence-corrected chi connectivity index (χ1v) is 5.11. The second kappa shape index (κ2) is 4.09. The van der Waals surface area contributed by atoms with Gasteiger partial charge in [0.1, 0.15) is 0 Å². The number of halogens is 1. The fourth-order valence-corrected chi connectivity index (χ4v) is 1.29. The summed E-state index contributed by atoms with van der Waals surface area (Å²) in [6.07, 6.45) is 2.28. The third kappa shape index (κ3) is 2.80. The van der Waals surface area contributed by atoms with E-state index < -0.39 is 5.41 Å². The average Bonchev–Trinajstić information content (AvgIpc) is 2.08. The second-order valence-corrected chi connectivity index (χ2v) is 4.81. The fraction of sp³-hybridized carbons (Fsp3) is 0.400. The molecule has 76 valence electrons. The summed E-state index contributed by atoms with van der Waals surface area (Å²) in [5.74, 6) is -0.304. The predicted molar refractivity (Wildman–Crippen MR) is 58.6 cm³/mol. The van der Waals surface area contributed by atoms with E-state index in [9.17, 15) is 4.79 Å². The number of pyridine rings is 1. The van der Waals surface area contributed by atoms with Gasteiger partial charge >= 0.3 is 0 Å². The molecule has 0 spiro atoms. The first-order chi connectivity index (χ1) is 6.42. The third-order valence-corrected chi connectivity index (χ3v) is 2.55. The van der Waals surface area contributed by atoms with Crippen molar-refractivity contribution in [3.05, 3.63) is 28.5 Å². The van der Waals surface area contributed by atoms with E-state index in [-0.39, 0.29) is 5.91 Å². The van der Waals surface area contributed by atoms with E-state index in [4.69, 9.17) is 5.73 Å². The van der Waals surface area contributed by atoms with Crippen LogP contribution in [0.4, 0.5) is 0 Å². The Morgan fingerprint density at radius 2 is 2.21 bits per heavy atom. The van der Waals surface area contributed by atoms with Gasteiger partial charge in [-0.25, -0.2) is 0 Å². The molecule has 3 nitrogen and oxygen atoms in total. The van der Waals surface area contributed by atoms with E-state index in [1.807, 2.05) is 26.0 Å². The smallest absolute Gasteiger partial charge is 0.223 e. The van der Waals surface area contributed by atoms with Crippen molar-refractivity contribution in [1.82, 2.24) is 4.98 Å². The van der Waals surface area contributed by atoms with Crippen molar-refractivity contribution >= 4 is 21.8 Å². The van der Waals surface area contributed by atoms with Crippen LogP contribution in [0.3, 0.4) is 0 Å². The molecule has 0 unspecified atom stereocenters. The maximum Gasteiger partial charge on any atom is 0.223 e. The molecule has 14 heavy (non-hydrogen) atoms. The minimum Gasteiger partial charge on any atom is -0.369 e. The lowest BCUT2D eigenvalue weighted by Gasteiger charge is -2.19. The summed E-state index contributed by atoms with van der Waals surface area (Å²) in [6, 6.07) is 3.79. The highest BCUT2D eigenvalue weighted by molar-refractivity contribution is 9.10. The Bertz CT molecular complexity index is 332. The van der Waals surface area contributed by atoms with Gasteiger partial charge in [0.15, 0.2) is 0 Å². The third-order valence-electron chi connectivity index (χ3n) is 2.08. The van der Waals surface area contributed by atoms with Crippen LogP contribution in [-0.4, -0.2) is 10.9 Å². The van der Waals surface area contributed by atoms with E-state index in [1.165, 1.54) is 0 Å². The lowest BCUT2D eigenvalue weighted by Crippen LogP contribution is -2.33. The largest absolute Gasteiger partial charge is 0.369 e. The lowest BCUT2D eigenvalue weighted by molar-refractivity contribution is -0.125. The molecular formula is C10H13BrN2O. The minimum atomic E-state index is -0.541. The highest BCUT2D eigenvalue weighted by atomic mass is 79.9. The zero-order chi connectivity index (χ0) is 10.8.